The Morgan fingerprint density at radius 3 is 2.19 bits per heavy atom. The first-order valence-corrected chi connectivity index (χ1v) is 9.82. The van der Waals surface area contributed by atoms with Crippen LogP contribution >= 0.6 is 0 Å². The van der Waals surface area contributed by atoms with Crippen LogP contribution in [0.25, 0.3) is 0 Å². The Morgan fingerprint density at radius 1 is 1.07 bits per heavy atom. The number of rotatable bonds is 6. The van der Waals surface area contributed by atoms with Crippen LogP contribution in [-0.2, 0) is 9.59 Å². The lowest BCUT2D eigenvalue weighted by Gasteiger charge is -2.32. The van der Waals surface area contributed by atoms with Crippen LogP contribution in [0.1, 0.15) is 57.3 Å². The second-order valence-electron chi connectivity index (χ2n) is 7.61. The Balaban J connectivity index is 1.88. The van der Waals surface area contributed by atoms with E-state index in [2.05, 4.69) is 10.6 Å². The molecule has 0 aromatic heterocycles. The normalized spacial score (nSPS) is 16.1. The van der Waals surface area contributed by atoms with E-state index in [1.165, 1.54) is 0 Å². The smallest absolute Gasteiger partial charge is 0.253 e. The van der Waals surface area contributed by atoms with Crippen molar-refractivity contribution in [2.45, 2.75) is 53.0 Å². The van der Waals surface area contributed by atoms with Crippen molar-refractivity contribution in [3.63, 3.8) is 0 Å². The van der Waals surface area contributed by atoms with Gasteiger partial charge in [0.25, 0.3) is 5.91 Å². The number of anilines is 1. The summed E-state index contributed by atoms with van der Waals surface area (Å²) in [6, 6.07) is 7.16. The molecule has 0 saturated carbocycles. The lowest BCUT2D eigenvalue weighted by atomic mass is 9.95. The number of piperidine rings is 1. The van der Waals surface area contributed by atoms with Gasteiger partial charge in [0.05, 0.1) is 0 Å². The van der Waals surface area contributed by atoms with E-state index >= 15 is 0 Å². The molecule has 3 amide bonds. The summed E-state index contributed by atoms with van der Waals surface area (Å²) >= 11 is 0. The molecule has 1 aromatic rings. The van der Waals surface area contributed by atoms with Gasteiger partial charge in [-0.25, -0.2) is 0 Å². The fraction of sp³-hybridized carbons (Fsp3) is 0.571. The van der Waals surface area contributed by atoms with E-state index < -0.39 is 0 Å². The molecule has 6 nitrogen and oxygen atoms in total. The fourth-order valence-electron chi connectivity index (χ4n) is 2.97. The van der Waals surface area contributed by atoms with Crippen LogP contribution in [-0.4, -0.2) is 41.8 Å². The second-order valence-corrected chi connectivity index (χ2v) is 7.61. The highest BCUT2D eigenvalue weighted by Gasteiger charge is 2.28. The summed E-state index contributed by atoms with van der Waals surface area (Å²) in [6.07, 6.45) is 2.30. The van der Waals surface area contributed by atoms with Gasteiger partial charge in [-0.15, -0.1) is 0 Å². The first-order chi connectivity index (χ1) is 12.8. The average molecular weight is 373 g/mol. The van der Waals surface area contributed by atoms with Gasteiger partial charge in [-0.05, 0) is 50.5 Å². The molecule has 1 aromatic carbocycles. The molecule has 1 heterocycles. The van der Waals surface area contributed by atoms with Crippen LogP contribution < -0.4 is 10.6 Å². The van der Waals surface area contributed by atoms with E-state index in [-0.39, 0.29) is 35.6 Å². The van der Waals surface area contributed by atoms with Crippen molar-refractivity contribution in [2.75, 3.05) is 18.4 Å². The Hall–Kier alpha value is -2.37. The minimum Gasteiger partial charge on any atom is -0.353 e. The van der Waals surface area contributed by atoms with Gasteiger partial charge in [0.1, 0.15) is 0 Å². The van der Waals surface area contributed by atoms with E-state index in [1.54, 1.807) is 29.2 Å². The van der Waals surface area contributed by atoms with Crippen molar-refractivity contribution in [1.29, 1.82) is 0 Å². The Kier molecular flexibility index (Phi) is 7.39. The number of hydrogen-bond acceptors (Lipinski definition) is 3. The molecule has 1 saturated heterocycles. The van der Waals surface area contributed by atoms with Crippen LogP contribution in [0.5, 0.6) is 0 Å². The number of hydrogen-bond donors (Lipinski definition) is 2. The predicted octanol–water partition coefficient (Wildman–Crippen LogP) is 3.05. The molecule has 1 fully saturated rings. The molecule has 27 heavy (non-hydrogen) atoms. The quantitative estimate of drug-likeness (QED) is 0.804. The summed E-state index contributed by atoms with van der Waals surface area (Å²) in [7, 11) is 0. The minimum atomic E-state index is -0.0925. The first-order valence-electron chi connectivity index (χ1n) is 9.82. The van der Waals surface area contributed by atoms with E-state index in [1.807, 2.05) is 27.7 Å². The van der Waals surface area contributed by atoms with Crippen molar-refractivity contribution in [3.05, 3.63) is 29.8 Å². The summed E-state index contributed by atoms with van der Waals surface area (Å²) in [6.45, 7) is 8.89. The van der Waals surface area contributed by atoms with Crippen LogP contribution in [0.4, 0.5) is 5.69 Å². The van der Waals surface area contributed by atoms with Gasteiger partial charge in [0, 0.05) is 42.2 Å². The molecule has 6 heteroatoms. The monoisotopic (exact) mass is 373 g/mol. The number of carbonyl (C=O) groups is 3. The third-order valence-corrected chi connectivity index (χ3v) is 5.08. The number of nitrogens with zero attached hydrogens (tertiary/aromatic N) is 1. The molecular weight excluding hydrogens is 342 g/mol. The van der Waals surface area contributed by atoms with Crippen LogP contribution in [0.3, 0.4) is 0 Å². The van der Waals surface area contributed by atoms with E-state index in [4.69, 9.17) is 0 Å². The summed E-state index contributed by atoms with van der Waals surface area (Å²) in [5, 5.41) is 5.85. The summed E-state index contributed by atoms with van der Waals surface area (Å²) < 4.78 is 0. The van der Waals surface area contributed by atoms with Gasteiger partial charge in [0.15, 0.2) is 0 Å². The zero-order chi connectivity index (χ0) is 20.0. The highest BCUT2D eigenvalue weighted by molar-refractivity contribution is 5.96. The van der Waals surface area contributed by atoms with Crippen molar-refractivity contribution in [3.8, 4) is 0 Å². The largest absolute Gasteiger partial charge is 0.353 e. The Labute approximate surface area is 161 Å². The maximum Gasteiger partial charge on any atom is 0.253 e. The van der Waals surface area contributed by atoms with Crippen molar-refractivity contribution in [1.82, 2.24) is 10.2 Å². The fourth-order valence-corrected chi connectivity index (χ4v) is 2.97. The molecule has 1 atom stereocenters. The summed E-state index contributed by atoms with van der Waals surface area (Å²) in [5.41, 5.74) is 1.28. The standard InChI is InChI=1S/C21H31N3O3/c1-5-15(4)22-20(26)16-10-12-24(13-11-16)21(27)17-6-8-18(9-7-17)23-19(25)14(2)3/h6-9,14-16H,5,10-13H2,1-4H3,(H,22,26)(H,23,25). The van der Waals surface area contributed by atoms with Crippen LogP contribution in [0.2, 0.25) is 0 Å². The molecule has 1 aliphatic rings. The number of likely N-dealkylation sites (tertiary alicyclic amines) is 1. The maximum absolute atomic E-state index is 12.7. The van der Waals surface area contributed by atoms with E-state index in [9.17, 15) is 14.4 Å². The number of nitrogens with one attached hydrogen (secondary N) is 2. The molecule has 148 valence electrons. The molecule has 1 unspecified atom stereocenters. The number of carbonyl (C=O) groups excluding carboxylic acids is 3. The van der Waals surface area contributed by atoms with E-state index in [0.717, 1.165) is 6.42 Å². The van der Waals surface area contributed by atoms with Gasteiger partial charge < -0.3 is 15.5 Å². The van der Waals surface area contributed by atoms with Crippen molar-refractivity contribution < 1.29 is 14.4 Å². The van der Waals surface area contributed by atoms with Gasteiger partial charge in [-0.1, -0.05) is 20.8 Å². The highest BCUT2D eigenvalue weighted by atomic mass is 16.2. The Morgan fingerprint density at radius 2 is 1.67 bits per heavy atom. The molecule has 0 bridgehead atoms. The zero-order valence-electron chi connectivity index (χ0n) is 16.7. The summed E-state index contributed by atoms with van der Waals surface area (Å²) in [4.78, 5) is 38.4. The third-order valence-electron chi connectivity index (χ3n) is 5.08. The SMILES string of the molecule is CCC(C)NC(=O)C1CCN(C(=O)c2ccc(NC(=O)C(C)C)cc2)CC1. The average Bonchev–Trinajstić information content (AvgIpc) is 2.67. The lowest BCUT2D eigenvalue weighted by molar-refractivity contribution is -0.127. The topological polar surface area (TPSA) is 78.5 Å². The molecule has 0 radical (unpaired) electrons. The van der Waals surface area contributed by atoms with Crippen molar-refractivity contribution >= 4 is 23.4 Å². The van der Waals surface area contributed by atoms with Gasteiger partial charge in [-0.2, -0.15) is 0 Å². The maximum atomic E-state index is 12.7. The zero-order valence-corrected chi connectivity index (χ0v) is 16.7. The van der Waals surface area contributed by atoms with Crippen molar-refractivity contribution in [2.24, 2.45) is 11.8 Å². The predicted molar refractivity (Wildman–Crippen MR) is 106 cm³/mol. The van der Waals surface area contributed by atoms with Crippen LogP contribution in [0.15, 0.2) is 24.3 Å². The second kappa shape index (κ2) is 9.53. The van der Waals surface area contributed by atoms with E-state index in [0.29, 0.717) is 37.2 Å². The van der Waals surface area contributed by atoms with Gasteiger partial charge in [-0.3, -0.25) is 14.4 Å². The van der Waals surface area contributed by atoms with Gasteiger partial charge >= 0.3 is 0 Å². The number of benzene rings is 1. The summed E-state index contributed by atoms with van der Waals surface area (Å²) in [5.74, 6) is -0.0900. The Bertz CT molecular complexity index is 662. The minimum absolute atomic E-state index is 0.0170. The molecule has 1 aliphatic heterocycles. The highest BCUT2D eigenvalue weighted by Crippen LogP contribution is 2.20. The third kappa shape index (κ3) is 5.81. The lowest BCUT2D eigenvalue weighted by Crippen LogP contribution is -2.44. The molecule has 0 aliphatic carbocycles. The molecular formula is C21H31N3O3. The number of amides is 3. The van der Waals surface area contributed by atoms with Gasteiger partial charge in [0.2, 0.25) is 11.8 Å². The molecule has 0 spiro atoms. The first kappa shape index (κ1) is 20.9. The molecule has 2 N–H and O–H groups in total. The van der Waals surface area contributed by atoms with Crippen LogP contribution in [0, 0.1) is 11.8 Å². The molecule has 2 rings (SSSR count).